The second-order valence-electron chi connectivity index (χ2n) is 8.34. The second-order valence-corrected chi connectivity index (χ2v) is 8.34. The SMILES string of the molecule is O=C1[C@@H]2C3C=CC([C@H]4C(=O)N(c5ccccc5)C(=O)[C@@H]34)[C@@H]2C(=O)N1c1ccccc1. The molecule has 2 heterocycles. The highest BCUT2D eigenvalue weighted by atomic mass is 16.2. The number of allylic oxidation sites excluding steroid dienone is 2. The van der Waals surface area contributed by atoms with E-state index in [1.807, 2.05) is 24.3 Å². The summed E-state index contributed by atoms with van der Waals surface area (Å²) in [4.78, 5) is 55.8. The van der Waals surface area contributed by atoms with E-state index in [9.17, 15) is 19.2 Å². The van der Waals surface area contributed by atoms with Gasteiger partial charge in [-0.15, -0.1) is 0 Å². The van der Waals surface area contributed by atoms with Gasteiger partial charge in [0, 0.05) is 11.8 Å². The van der Waals surface area contributed by atoms with Crippen LogP contribution in [0.1, 0.15) is 0 Å². The molecule has 0 radical (unpaired) electrons. The van der Waals surface area contributed by atoms with Crippen LogP contribution in [0.15, 0.2) is 72.8 Å². The molecule has 6 nitrogen and oxygen atoms in total. The van der Waals surface area contributed by atoms with Crippen molar-refractivity contribution in [2.45, 2.75) is 0 Å². The van der Waals surface area contributed by atoms with Crippen LogP contribution in [0.3, 0.4) is 0 Å². The lowest BCUT2D eigenvalue weighted by molar-refractivity contribution is -0.137. The van der Waals surface area contributed by atoms with Crippen LogP contribution >= 0.6 is 0 Å². The van der Waals surface area contributed by atoms with Gasteiger partial charge < -0.3 is 0 Å². The molecular weight excluding hydrogens is 380 g/mol. The molecule has 1 saturated carbocycles. The highest BCUT2D eigenvalue weighted by molar-refractivity contribution is 6.26. The van der Waals surface area contributed by atoms with Crippen molar-refractivity contribution in [2.75, 3.05) is 9.80 Å². The molecule has 148 valence electrons. The number of carbonyl (C=O) groups excluding carboxylic acids is 4. The fourth-order valence-corrected chi connectivity index (χ4v) is 5.89. The van der Waals surface area contributed by atoms with Crippen LogP contribution in [-0.2, 0) is 19.2 Å². The van der Waals surface area contributed by atoms with Gasteiger partial charge in [-0.1, -0.05) is 48.6 Å². The molecule has 2 unspecified atom stereocenters. The van der Waals surface area contributed by atoms with Gasteiger partial charge >= 0.3 is 0 Å². The molecule has 7 rings (SSSR count). The topological polar surface area (TPSA) is 74.8 Å². The lowest BCUT2D eigenvalue weighted by atomic mass is 9.54. The number of hydrogen-bond donors (Lipinski definition) is 0. The van der Waals surface area contributed by atoms with Crippen LogP contribution in [0, 0.1) is 35.5 Å². The zero-order valence-corrected chi connectivity index (χ0v) is 15.9. The quantitative estimate of drug-likeness (QED) is 0.575. The third-order valence-corrected chi connectivity index (χ3v) is 7.04. The molecule has 2 bridgehead atoms. The van der Waals surface area contributed by atoms with E-state index in [2.05, 4.69) is 0 Å². The third-order valence-electron chi connectivity index (χ3n) is 7.04. The summed E-state index contributed by atoms with van der Waals surface area (Å²) in [7, 11) is 0. The van der Waals surface area contributed by atoms with Gasteiger partial charge in [0.05, 0.1) is 35.0 Å². The van der Waals surface area contributed by atoms with Crippen LogP contribution in [0.2, 0.25) is 0 Å². The molecule has 0 aromatic heterocycles. The van der Waals surface area contributed by atoms with E-state index in [4.69, 9.17) is 0 Å². The summed E-state index contributed by atoms with van der Waals surface area (Å²) in [6, 6.07) is 17.7. The number of amides is 4. The highest BCUT2D eigenvalue weighted by Gasteiger charge is 2.68. The van der Waals surface area contributed by atoms with E-state index in [1.165, 1.54) is 9.80 Å². The van der Waals surface area contributed by atoms with Crippen molar-refractivity contribution in [3.8, 4) is 0 Å². The van der Waals surface area contributed by atoms with Gasteiger partial charge in [-0.3, -0.25) is 29.0 Å². The zero-order chi connectivity index (χ0) is 20.6. The molecule has 2 aliphatic heterocycles. The first-order chi connectivity index (χ1) is 14.6. The fraction of sp³-hybridized carbons (Fsp3) is 0.250. The molecule has 0 spiro atoms. The fourth-order valence-electron chi connectivity index (χ4n) is 5.89. The maximum atomic E-state index is 13.3. The maximum Gasteiger partial charge on any atom is 0.238 e. The Labute approximate surface area is 172 Å². The summed E-state index contributed by atoms with van der Waals surface area (Å²) >= 11 is 0. The van der Waals surface area contributed by atoms with Gasteiger partial charge in [-0.25, -0.2) is 0 Å². The van der Waals surface area contributed by atoms with Gasteiger partial charge in [-0.2, -0.15) is 0 Å². The molecule has 6 atom stereocenters. The first kappa shape index (κ1) is 17.3. The average molecular weight is 398 g/mol. The van der Waals surface area contributed by atoms with Crippen molar-refractivity contribution in [1.82, 2.24) is 0 Å². The number of benzene rings is 2. The predicted molar refractivity (Wildman–Crippen MR) is 108 cm³/mol. The smallest absolute Gasteiger partial charge is 0.238 e. The molecule has 2 saturated heterocycles. The Bertz CT molecular complexity index is 993. The Morgan fingerprint density at radius 1 is 0.467 bits per heavy atom. The standard InChI is InChI=1S/C24H18N2O4/c27-21-17-15-11-12-16(18(17)22(28)25(21)13-7-3-1-4-8-13)20-19(15)23(29)26(24(20)30)14-9-5-2-6-10-14/h1-12,15-20H/t15?,16?,17-,18+,19+,20-. The lowest BCUT2D eigenvalue weighted by Gasteiger charge is -2.44. The van der Waals surface area contributed by atoms with Crippen molar-refractivity contribution < 1.29 is 19.2 Å². The van der Waals surface area contributed by atoms with Crippen LogP contribution in [0.25, 0.3) is 0 Å². The summed E-state index contributed by atoms with van der Waals surface area (Å²) < 4.78 is 0. The molecule has 4 amide bonds. The molecule has 2 aromatic rings. The number of para-hydroxylation sites is 2. The Kier molecular flexibility index (Phi) is 3.46. The number of imide groups is 2. The maximum absolute atomic E-state index is 13.3. The van der Waals surface area contributed by atoms with E-state index in [0.29, 0.717) is 11.4 Å². The van der Waals surface area contributed by atoms with Crippen molar-refractivity contribution in [1.29, 1.82) is 0 Å². The van der Waals surface area contributed by atoms with Crippen LogP contribution in [0.5, 0.6) is 0 Å². The lowest BCUT2D eigenvalue weighted by Crippen LogP contribution is -2.50. The van der Waals surface area contributed by atoms with Crippen molar-refractivity contribution in [3.63, 3.8) is 0 Å². The van der Waals surface area contributed by atoms with Crippen molar-refractivity contribution in [3.05, 3.63) is 72.8 Å². The number of hydrogen-bond acceptors (Lipinski definition) is 4. The van der Waals surface area contributed by atoms with Crippen LogP contribution in [-0.4, -0.2) is 23.6 Å². The summed E-state index contributed by atoms with van der Waals surface area (Å²) in [5, 5.41) is 0. The van der Waals surface area contributed by atoms with E-state index in [1.54, 1.807) is 48.5 Å². The summed E-state index contributed by atoms with van der Waals surface area (Å²) in [6.45, 7) is 0. The molecule has 30 heavy (non-hydrogen) atoms. The number of nitrogens with zero attached hydrogens (tertiary/aromatic N) is 2. The van der Waals surface area contributed by atoms with Crippen LogP contribution in [0.4, 0.5) is 11.4 Å². The van der Waals surface area contributed by atoms with Crippen LogP contribution < -0.4 is 9.80 Å². The first-order valence-corrected chi connectivity index (χ1v) is 10.1. The van der Waals surface area contributed by atoms with Gasteiger partial charge in [-0.05, 0) is 24.3 Å². The van der Waals surface area contributed by atoms with Crippen molar-refractivity contribution >= 4 is 35.0 Å². The number of anilines is 2. The highest BCUT2D eigenvalue weighted by Crippen LogP contribution is 2.58. The van der Waals surface area contributed by atoms with Gasteiger partial charge in [0.25, 0.3) is 0 Å². The van der Waals surface area contributed by atoms with E-state index >= 15 is 0 Å². The molecular formula is C24H18N2O4. The van der Waals surface area contributed by atoms with E-state index in [-0.39, 0.29) is 23.6 Å². The van der Waals surface area contributed by atoms with Gasteiger partial charge in [0.15, 0.2) is 0 Å². The largest absolute Gasteiger partial charge is 0.274 e. The Balaban J connectivity index is 1.42. The summed E-state index contributed by atoms with van der Waals surface area (Å²) in [5.41, 5.74) is 1.07. The van der Waals surface area contributed by atoms with Gasteiger partial charge in [0.2, 0.25) is 23.6 Å². The Morgan fingerprint density at radius 2 is 0.767 bits per heavy atom. The minimum atomic E-state index is -0.596. The molecule has 2 aromatic carbocycles. The Morgan fingerprint density at radius 3 is 1.07 bits per heavy atom. The third kappa shape index (κ3) is 2.03. The second kappa shape index (κ2) is 5.98. The van der Waals surface area contributed by atoms with E-state index < -0.39 is 35.5 Å². The van der Waals surface area contributed by atoms with Gasteiger partial charge in [0.1, 0.15) is 0 Å². The number of rotatable bonds is 2. The summed E-state index contributed by atoms with van der Waals surface area (Å²) in [6.07, 6.45) is 3.76. The number of carbonyl (C=O) groups is 4. The normalized spacial score (nSPS) is 34.0. The minimum absolute atomic E-state index is 0.271. The molecule has 3 aliphatic carbocycles. The van der Waals surface area contributed by atoms with E-state index in [0.717, 1.165) is 0 Å². The predicted octanol–water partition coefficient (Wildman–Crippen LogP) is 2.41. The minimum Gasteiger partial charge on any atom is -0.274 e. The molecule has 5 aliphatic rings. The zero-order valence-electron chi connectivity index (χ0n) is 15.9. The molecule has 3 fully saturated rings. The molecule has 6 heteroatoms. The Hall–Kier alpha value is -3.54. The van der Waals surface area contributed by atoms with Crippen molar-refractivity contribution in [2.24, 2.45) is 35.5 Å². The molecule has 0 N–H and O–H groups in total. The summed E-state index contributed by atoms with van der Waals surface area (Å²) in [5.74, 6) is -4.36. The first-order valence-electron chi connectivity index (χ1n) is 10.1. The monoisotopic (exact) mass is 398 g/mol. The average Bonchev–Trinajstić information content (AvgIpc) is 3.22.